The van der Waals surface area contributed by atoms with Crippen LogP contribution in [0.1, 0.15) is 27.7 Å². The van der Waals surface area contributed by atoms with Crippen molar-refractivity contribution >= 4 is 11.9 Å². The maximum atomic E-state index is 11.4. The van der Waals surface area contributed by atoms with Crippen LogP contribution >= 0.6 is 0 Å². The van der Waals surface area contributed by atoms with Gasteiger partial charge in [0.25, 0.3) is 0 Å². The Hall–Kier alpha value is -1.10. The molecule has 0 saturated carbocycles. The van der Waals surface area contributed by atoms with Gasteiger partial charge in [-0.2, -0.15) is 0 Å². The van der Waals surface area contributed by atoms with Crippen LogP contribution in [0.5, 0.6) is 0 Å². The Morgan fingerprint density at radius 3 is 1.81 bits per heavy atom. The summed E-state index contributed by atoms with van der Waals surface area (Å²) in [5.74, 6) is -0.686. The molecule has 5 nitrogen and oxygen atoms in total. The lowest BCUT2D eigenvalue weighted by atomic mass is 9.92. The number of rotatable bonds is 5. The molecule has 5 heteroatoms. The summed E-state index contributed by atoms with van der Waals surface area (Å²) in [6.07, 6.45) is 0. The van der Waals surface area contributed by atoms with Crippen molar-refractivity contribution < 1.29 is 19.1 Å². The molecule has 0 amide bonds. The minimum atomic E-state index is -0.819. The molecule has 0 aromatic rings. The van der Waals surface area contributed by atoms with E-state index >= 15 is 0 Å². The molecule has 1 N–H and O–H groups in total. The zero-order chi connectivity index (χ0) is 13.0. The van der Waals surface area contributed by atoms with Crippen LogP contribution in [0.4, 0.5) is 0 Å². The van der Waals surface area contributed by atoms with Gasteiger partial charge in [0.1, 0.15) is 5.54 Å². The van der Waals surface area contributed by atoms with Gasteiger partial charge >= 0.3 is 11.9 Å². The van der Waals surface area contributed by atoms with E-state index in [0.29, 0.717) is 6.54 Å². The number of esters is 2. The Morgan fingerprint density at radius 2 is 1.44 bits per heavy atom. The van der Waals surface area contributed by atoms with Gasteiger partial charge in [-0.05, 0) is 27.7 Å². The maximum Gasteiger partial charge on any atom is 0.325 e. The van der Waals surface area contributed by atoms with Gasteiger partial charge in [0.15, 0.2) is 0 Å². The van der Waals surface area contributed by atoms with E-state index in [1.54, 1.807) is 27.7 Å². The molecule has 0 aromatic heterocycles. The highest BCUT2D eigenvalue weighted by atomic mass is 16.5. The first-order chi connectivity index (χ1) is 7.17. The molecule has 0 aliphatic heterocycles. The molecule has 0 heterocycles. The van der Waals surface area contributed by atoms with Crippen LogP contribution in [-0.2, 0) is 19.1 Å². The van der Waals surface area contributed by atoms with Crippen LogP contribution in [0, 0.1) is 5.41 Å². The minimum absolute atomic E-state index is 0.319. The van der Waals surface area contributed by atoms with Crippen LogP contribution in [0.15, 0.2) is 0 Å². The molecule has 16 heavy (non-hydrogen) atoms. The van der Waals surface area contributed by atoms with Gasteiger partial charge in [0.2, 0.25) is 0 Å². The van der Waals surface area contributed by atoms with E-state index in [9.17, 15) is 9.59 Å². The third-order valence-corrected chi connectivity index (χ3v) is 2.41. The van der Waals surface area contributed by atoms with Crippen LogP contribution in [0.2, 0.25) is 0 Å². The molecule has 0 atom stereocenters. The molecule has 0 unspecified atom stereocenters. The molecule has 0 radical (unpaired) electrons. The molecule has 0 aliphatic rings. The average molecular weight is 231 g/mol. The van der Waals surface area contributed by atoms with Gasteiger partial charge in [-0.25, -0.2) is 0 Å². The van der Waals surface area contributed by atoms with E-state index in [1.807, 2.05) is 0 Å². The fraction of sp³-hybridized carbons (Fsp3) is 0.818. The second kappa shape index (κ2) is 5.30. The number of nitrogens with one attached hydrogen (secondary N) is 1. The second-order valence-electron chi connectivity index (χ2n) is 4.85. The molecular weight excluding hydrogens is 210 g/mol. The fourth-order valence-electron chi connectivity index (χ4n) is 1.12. The van der Waals surface area contributed by atoms with Crippen LogP contribution in [-0.4, -0.2) is 38.2 Å². The number of ether oxygens (including phenoxy) is 2. The Balaban J connectivity index is 4.44. The Kier molecular flexibility index (Phi) is 4.93. The predicted octanol–water partition coefficient (Wildman–Crippen LogP) is 0.727. The molecular formula is C11H21NO4. The highest BCUT2D eigenvalue weighted by Crippen LogP contribution is 2.17. The SMILES string of the molecule is COC(=O)C(C)(C)CNC(C)(C)C(=O)OC. The first-order valence-electron chi connectivity index (χ1n) is 5.09. The van der Waals surface area contributed by atoms with Crippen molar-refractivity contribution in [1.82, 2.24) is 5.32 Å². The molecule has 0 spiro atoms. The van der Waals surface area contributed by atoms with Crippen molar-refractivity contribution in [3.63, 3.8) is 0 Å². The first-order valence-corrected chi connectivity index (χ1v) is 5.09. The van der Waals surface area contributed by atoms with Gasteiger partial charge in [-0.1, -0.05) is 0 Å². The van der Waals surface area contributed by atoms with Gasteiger partial charge < -0.3 is 14.8 Å². The lowest BCUT2D eigenvalue weighted by Crippen LogP contribution is -2.52. The van der Waals surface area contributed by atoms with Crippen LogP contribution in [0.3, 0.4) is 0 Å². The smallest absolute Gasteiger partial charge is 0.325 e. The van der Waals surface area contributed by atoms with Crippen LogP contribution in [0.25, 0.3) is 0 Å². The van der Waals surface area contributed by atoms with Gasteiger partial charge in [-0.15, -0.1) is 0 Å². The van der Waals surface area contributed by atoms with Crippen LogP contribution < -0.4 is 5.32 Å². The van der Waals surface area contributed by atoms with Gasteiger partial charge in [-0.3, -0.25) is 9.59 Å². The van der Waals surface area contributed by atoms with Crippen molar-refractivity contribution in [3.8, 4) is 0 Å². The summed E-state index contributed by atoms with van der Waals surface area (Å²) >= 11 is 0. The number of methoxy groups -OCH3 is 2. The summed E-state index contributed by atoms with van der Waals surface area (Å²) in [7, 11) is 2.67. The van der Waals surface area contributed by atoms with E-state index in [1.165, 1.54) is 14.2 Å². The van der Waals surface area contributed by atoms with E-state index in [2.05, 4.69) is 14.8 Å². The molecule has 0 saturated heterocycles. The fourth-order valence-corrected chi connectivity index (χ4v) is 1.12. The van der Waals surface area contributed by atoms with E-state index in [-0.39, 0.29) is 11.9 Å². The predicted molar refractivity (Wildman–Crippen MR) is 59.9 cm³/mol. The van der Waals surface area contributed by atoms with Crippen molar-refractivity contribution in [3.05, 3.63) is 0 Å². The summed E-state index contributed by atoms with van der Waals surface area (Å²) in [6, 6.07) is 0. The third-order valence-electron chi connectivity index (χ3n) is 2.41. The number of hydrogen-bond acceptors (Lipinski definition) is 5. The number of hydrogen-bond donors (Lipinski definition) is 1. The molecule has 0 bridgehead atoms. The highest BCUT2D eigenvalue weighted by Gasteiger charge is 2.34. The first kappa shape index (κ1) is 14.9. The van der Waals surface area contributed by atoms with E-state index in [4.69, 9.17) is 0 Å². The van der Waals surface area contributed by atoms with E-state index in [0.717, 1.165) is 0 Å². The van der Waals surface area contributed by atoms with Gasteiger partial charge in [0, 0.05) is 6.54 Å². The normalized spacial score (nSPS) is 12.1. The van der Waals surface area contributed by atoms with Crippen molar-refractivity contribution in [2.75, 3.05) is 20.8 Å². The average Bonchev–Trinajstić information content (AvgIpc) is 2.24. The third kappa shape index (κ3) is 3.81. The zero-order valence-corrected chi connectivity index (χ0v) is 10.8. The molecule has 0 fully saturated rings. The minimum Gasteiger partial charge on any atom is -0.469 e. The summed E-state index contributed by atoms with van der Waals surface area (Å²) in [5.41, 5.74) is -1.50. The Labute approximate surface area is 96.5 Å². The lowest BCUT2D eigenvalue weighted by molar-refractivity contribution is -0.152. The monoisotopic (exact) mass is 231 g/mol. The summed E-state index contributed by atoms with van der Waals surface area (Å²) in [5, 5.41) is 2.99. The van der Waals surface area contributed by atoms with Gasteiger partial charge in [0.05, 0.1) is 19.6 Å². The summed E-state index contributed by atoms with van der Waals surface area (Å²) in [6.45, 7) is 7.23. The number of carbonyl (C=O) groups is 2. The lowest BCUT2D eigenvalue weighted by Gasteiger charge is -2.29. The Bertz CT molecular complexity index is 243. The highest BCUT2D eigenvalue weighted by molar-refractivity contribution is 5.80. The second-order valence-corrected chi connectivity index (χ2v) is 4.85. The molecule has 0 aliphatic carbocycles. The van der Waals surface area contributed by atoms with Crippen molar-refractivity contribution in [1.29, 1.82) is 0 Å². The Morgan fingerprint density at radius 1 is 1.00 bits per heavy atom. The quantitative estimate of drug-likeness (QED) is 0.706. The summed E-state index contributed by atoms with van der Waals surface area (Å²) in [4.78, 5) is 22.8. The molecule has 0 aromatic carbocycles. The van der Waals surface area contributed by atoms with Crippen molar-refractivity contribution in [2.45, 2.75) is 33.2 Å². The van der Waals surface area contributed by atoms with Crippen molar-refractivity contribution in [2.24, 2.45) is 5.41 Å². The number of carbonyl (C=O) groups excluding carboxylic acids is 2. The zero-order valence-electron chi connectivity index (χ0n) is 10.8. The topological polar surface area (TPSA) is 64.6 Å². The summed E-state index contributed by atoms with van der Waals surface area (Å²) < 4.78 is 9.32. The maximum absolute atomic E-state index is 11.4. The largest absolute Gasteiger partial charge is 0.469 e. The van der Waals surface area contributed by atoms with E-state index < -0.39 is 11.0 Å². The molecule has 0 rings (SSSR count). The standard InChI is InChI=1S/C11H21NO4/c1-10(2,8(13)15-5)7-12-11(3,4)9(14)16-6/h12H,7H2,1-6H3. The molecule has 94 valence electrons.